The van der Waals surface area contributed by atoms with Gasteiger partial charge in [0.15, 0.2) is 0 Å². The predicted molar refractivity (Wildman–Crippen MR) is 86.6 cm³/mol. The summed E-state index contributed by atoms with van der Waals surface area (Å²) in [6, 6.07) is 0. The molecule has 0 bridgehead atoms. The zero-order valence-electron chi connectivity index (χ0n) is 14.9. The third-order valence-electron chi connectivity index (χ3n) is 4.69. The molecule has 0 atom stereocenters. The molecule has 146 valence electrons. The molecule has 0 saturated heterocycles. The van der Waals surface area contributed by atoms with Crippen LogP contribution in [0.25, 0.3) is 0 Å². The first kappa shape index (κ1) is 20.2. The standard InChI is InChI=1S/C16H24F3N5O2/c1-10-3-5-11(6-4-10)7-8-20-13(25)14(26)21-9-12-22-15(16(17,18)19)23-24(12)2/h10-11H,3-9H2,1-2H3,(H,20,25)(H,21,26). The number of alkyl halides is 3. The van der Waals surface area contributed by atoms with E-state index in [-0.39, 0.29) is 12.4 Å². The van der Waals surface area contributed by atoms with Crippen LogP contribution in [-0.4, -0.2) is 33.1 Å². The van der Waals surface area contributed by atoms with Crippen molar-refractivity contribution in [2.45, 2.75) is 51.7 Å². The number of carbonyl (C=O) groups is 2. The first-order valence-corrected chi connectivity index (χ1v) is 8.70. The van der Waals surface area contributed by atoms with E-state index in [9.17, 15) is 22.8 Å². The van der Waals surface area contributed by atoms with E-state index in [1.165, 1.54) is 19.9 Å². The fraction of sp³-hybridized carbons (Fsp3) is 0.750. The van der Waals surface area contributed by atoms with Crippen molar-refractivity contribution in [2.24, 2.45) is 18.9 Å². The Bertz CT molecular complexity index is 636. The topological polar surface area (TPSA) is 88.9 Å². The number of aryl methyl sites for hydroxylation is 1. The summed E-state index contributed by atoms with van der Waals surface area (Å²) in [5.74, 6) is -1.75. The lowest BCUT2D eigenvalue weighted by molar-refractivity contribution is -0.145. The third-order valence-corrected chi connectivity index (χ3v) is 4.69. The van der Waals surface area contributed by atoms with Crippen LogP contribution < -0.4 is 10.6 Å². The smallest absolute Gasteiger partial charge is 0.348 e. The third kappa shape index (κ3) is 5.70. The summed E-state index contributed by atoms with van der Waals surface area (Å²) in [6.45, 7) is 2.33. The Morgan fingerprint density at radius 2 is 1.77 bits per heavy atom. The molecule has 0 spiro atoms. The van der Waals surface area contributed by atoms with Crippen molar-refractivity contribution in [3.63, 3.8) is 0 Å². The van der Waals surface area contributed by atoms with Crippen LogP contribution in [-0.2, 0) is 29.4 Å². The zero-order chi connectivity index (χ0) is 19.3. The van der Waals surface area contributed by atoms with Crippen molar-refractivity contribution in [3.8, 4) is 0 Å². The van der Waals surface area contributed by atoms with Gasteiger partial charge in [0.25, 0.3) is 5.82 Å². The number of carbonyl (C=O) groups excluding carboxylic acids is 2. The monoisotopic (exact) mass is 375 g/mol. The molecule has 1 aromatic heterocycles. The van der Waals surface area contributed by atoms with Gasteiger partial charge in [0, 0.05) is 13.6 Å². The lowest BCUT2D eigenvalue weighted by atomic mass is 9.81. The maximum Gasteiger partial charge on any atom is 0.453 e. The number of nitrogens with one attached hydrogen (secondary N) is 2. The maximum absolute atomic E-state index is 12.5. The highest BCUT2D eigenvalue weighted by Gasteiger charge is 2.36. The van der Waals surface area contributed by atoms with Gasteiger partial charge >= 0.3 is 18.0 Å². The fourth-order valence-corrected chi connectivity index (χ4v) is 3.02. The number of hydrogen-bond donors (Lipinski definition) is 2. The largest absolute Gasteiger partial charge is 0.453 e. The molecule has 2 N–H and O–H groups in total. The molecule has 2 amide bonds. The number of rotatable bonds is 5. The van der Waals surface area contributed by atoms with Crippen LogP contribution in [0.2, 0.25) is 0 Å². The van der Waals surface area contributed by atoms with E-state index < -0.39 is 23.8 Å². The Kier molecular flexibility index (Phi) is 6.60. The van der Waals surface area contributed by atoms with Crippen LogP contribution in [0.5, 0.6) is 0 Å². The molecule has 1 aromatic rings. The molecule has 0 radical (unpaired) electrons. The first-order valence-electron chi connectivity index (χ1n) is 8.70. The molecule has 1 aliphatic carbocycles. The molecule has 26 heavy (non-hydrogen) atoms. The number of amides is 2. The van der Waals surface area contributed by atoms with Gasteiger partial charge in [0.05, 0.1) is 6.54 Å². The van der Waals surface area contributed by atoms with Crippen LogP contribution in [0.3, 0.4) is 0 Å². The second-order valence-electron chi connectivity index (χ2n) is 6.83. The number of halogens is 3. The van der Waals surface area contributed by atoms with Crippen molar-refractivity contribution < 1.29 is 22.8 Å². The molecule has 0 unspecified atom stereocenters. The highest BCUT2D eigenvalue weighted by molar-refractivity contribution is 6.35. The zero-order valence-corrected chi connectivity index (χ0v) is 14.9. The van der Waals surface area contributed by atoms with Gasteiger partial charge < -0.3 is 10.6 Å². The number of hydrogen-bond acceptors (Lipinski definition) is 4. The Balaban J connectivity index is 1.72. The second kappa shape index (κ2) is 8.50. The van der Waals surface area contributed by atoms with E-state index in [0.29, 0.717) is 12.5 Å². The normalized spacial score (nSPS) is 20.7. The Morgan fingerprint density at radius 1 is 1.15 bits per heavy atom. The second-order valence-corrected chi connectivity index (χ2v) is 6.83. The summed E-state index contributed by atoms with van der Waals surface area (Å²) in [6.07, 6.45) is 0.819. The molecule has 0 aromatic carbocycles. The summed E-state index contributed by atoms with van der Waals surface area (Å²) in [5.41, 5.74) is 0. The average molecular weight is 375 g/mol. The summed E-state index contributed by atoms with van der Waals surface area (Å²) in [7, 11) is 1.29. The quantitative estimate of drug-likeness (QED) is 0.768. The van der Waals surface area contributed by atoms with E-state index in [1.807, 2.05) is 0 Å². The van der Waals surface area contributed by atoms with Crippen LogP contribution >= 0.6 is 0 Å². The van der Waals surface area contributed by atoms with Gasteiger partial charge in [-0.2, -0.15) is 13.2 Å². The predicted octanol–water partition coefficient (Wildman–Crippen LogP) is 1.78. The maximum atomic E-state index is 12.5. The molecular formula is C16H24F3N5O2. The SMILES string of the molecule is CC1CCC(CCNC(=O)C(=O)NCc2nc(C(F)(F)F)nn2C)CC1. The van der Waals surface area contributed by atoms with Gasteiger partial charge in [0.2, 0.25) is 0 Å². The highest BCUT2D eigenvalue weighted by Crippen LogP contribution is 2.30. The van der Waals surface area contributed by atoms with Crippen LogP contribution in [0.1, 0.15) is 50.7 Å². The minimum absolute atomic E-state index is 0.0881. The van der Waals surface area contributed by atoms with E-state index >= 15 is 0 Å². The fourth-order valence-electron chi connectivity index (χ4n) is 3.02. The molecule has 0 aliphatic heterocycles. The van der Waals surface area contributed by atoms with Crippen molar-refractivity contribution >= 4 is 11.8 Å². The highest BCUT2D eigenvalue weighted by atomic mass is 19.4. The summed E-state index contributed by atoms with van der Waals surface area (Å²) >= 11 is 0. The molecule has 1 heterocycles. The summed E-state index contributed by atoms with van der Waals surface area (Å²) < 4.78 is 38.5. The van der Waals surface area contributed by atoms with Crippen LogP contribution in [0.15, 0.2) is 0 Å². The minimum Gasteiger partial charge on any atom is -0.348 e. The molecular weight excluding hydrogens is 351 g/mol. The van der Waals surface area contributed by atoms with Gasteiger partial charge in [-0.25, -0.2) is 4.98 Å². The van der Waals surface area contributed by atoms with Gasteiger partial charge in [-0.1, -0.05) is 32.6 Å². The molecule has 2 rings (SSSR count). The van der Waals surface area contributed by atoms with Gasteiger partial charge in [-0.15, -0.1) is 5.10 Å². The van der Waals surface area contributed by atoms with Gasteiger partial charge in [0.1, 0.15) is 5.82 Å². The first-order chi connectivity index (χ1) is 12.2. The molecule has 7 nitrogen and oxygen atoms in total. The van der Waals surface area contributed by atoms with E-state index in [2.05, 4.69) is 27.6 Å². The van der Waals surface area contributed by atoms with Crippen LogP contribution in [0, 0.1) is 11.8 Å². The van der Waals surface area contributed by atoms with Crippen molar-refractivity contribution in [1.82, 2.24) is 25.4 Å². The van der Waals surface area contributed by atoms with E-state index in [4.69, 9.17) is 0 Å². The molecule has 1 saturated carbocycles. The number of nitrogens with zero attached hydrogens (tertiary/aromatic N) is 3. The Hall–Kier alpha value is -2.13. The summed E-state index contributed by atoms with van der Waals surface area (Å²) in [4.78, 5) is 26.8. The van der Waals surface area contributed by atoms with Crippen molar-refractivity contribution in [3.05, 3.63) is 11.6 Å². The molecule has 10 heteroatoms. The van der Waals surface area contributed by atoms with Crippen molar-refractivity contribution in [2.75, 3.05) is 6.54 Å². The van der Waals surface area contributed by atoms with Gasteiger partial charge in [-0.3, -0.25) is 14.3 Å². The van der Waals surface area contributed by atoms with E-state index in [0.717, 1.165) is 29.9 Å². The van der Waals surface area contributed by atoms with Gasteiger partial charge in [-0.05, 0) is 18.3 Å². The van der Waals surface area contributed by atoms with Crippen molar-refractivity contribution in [1.29, 1.82) is 0 Å². The Labute approximate surface area is 149 Å². The lowest BCUT2D eigenvalue weighted by Crippen LogP contribution is -2.40. The van der Waals surface area contributed by atoms with Crippen LogP contribution in [0.4, 0.5) is 13.2 Å². The minimum atomic E-state index is -4.66. The molecule has 1 aliphatic rings. The number of aromatic nitrogens is 3. The lowest BCUT2D eigenvalue weighted by Gasteiger charge is -2.26. The summed E-state index contributed by atoms with van der Waals surface area (Å²) in [5, 5.41) is 8.04. The molecule has 1 fully saturated rings. The Morgan fingerprint density at radius 3 is 2.35 bits per heavy atom. The average Bonchev–Trinajstić information content (AvgIpc) is 2.95. The van der Waals surface area contributed by atoms with E-state index in [1.54, 1.807) is 0 Å².